The lowest BCUT2D eigenvalue weighted by atomic mass is 9.81. The maximum atomic E-state index is 14.3. The van der Waals surface area contributed by atoms with Gasteiger partial charge < -0.3 is 28.7 Å². The number of amides is 2. The van der Waals surface area contributed by atoms with E-state index in [0.29, 0.717) is 35.7 Å². The lowest BCUT2D eigenvalue weighted by molar-refractivity contribution is -0.136. The van der Waals surface area contributed by atoms with Crippen LogP contribution in [0, 0.1) is 0 Å². The Hall–Kier alpha value is -3.76. The number of fused-ring (bicyclic) bond motifs is 2. The molecule has 3 aromatic rings. The number of thiophene rings is 1. The van der Waals surface area contributed by atoms with Gasteiger partial charge in [-0.05, 0) is 46.8 Å². The van der Waals surface area contributed by atoms with Gasteiger partial charge in [-0.2, -0.15) is 0 Å². The molecule has 3 aliphatic heterocycles. The van der Waals surface area contributed by atoms with E-state index >= 15 is 0 Å². The number of methoxy groups -OCH3 is 2. The fraction of sp³-hybridized carbons (Fsp3) is 0.379. The highest BCUT2D eigenvalue weighted by Gasteiger charge is 2.45. The molecule has 10 heteroatoms. The number of carbonyl (C=O) groups excluding carboxylic acids is 2. The molecule has 0 unspecified atom stereocenters. The number of ether oxygens (including phenoxy) is 4. The van der Waals surface area contributed by atoms with Gasteiger partial charge in [-0.25, -0.2) is 0 Å². The number of benzene rings is 2. The molecule has 2 aromatic carbocycles. The van der Waals surface area contributed by atoms with E-state index in [1.54, 1.807) is 49.6 Å². The summed E-state index contributed by atoms with van der Waals surface area (Å²) in [6, 6.07) is 13.1. The van der Waals surface area contributed by atoms with Crippen molar-refractivity contribution in [1.82, 2.24) is 14.7 Å². The van der Waals surface area contributed by atoms with Crippen LogP contribution in [0.1, 0.15) is 38.3 Å². The van der Waals surface area contributed by atoms with Gasteiger partial charge in [-0.1, -0.05) is 12.1 Å². The largest absolute Gasteiger partial charge is 0.493 e. The van der Waals surface area contributed by atoms with Crippen LogP contribution in [0.25, 0.3) is 0 Å². The SMILES string of the molecule is COc1cc2c(cc1OC)[C@H](C(=O)N1CCN(Cc3ccc4c(c3)OCO4)CC1)[C@H](c1cccs1)N(C)C2=O. The number of nitrogens with zero attached hydrogens (tertiary/aromatic N) is 3. The highest BCUT2D eigenvalue weighted by Crippen LogP contribution is 2.47. The van der Waals surface area contributed by atoms with E-state index in [0.717, 1.165) is 41.6 Å². The predicted octanol–water partition coefficient (Wildman–Crippen LogP) is 3.75. The number of piperazine rings is 1. The highest BCUT2D eigenvalue weighted by molar-refractivity contribution is 7.10. The van der Waals surface area contributed by atoms with Crippen LogP contribution < -0.4 is 18.9 Å². The molecule has 4 heterocycles. The first-order valence-electron chi connectivity index (χ1n) is 12.9. The lowest BCUT2D eigenvalue weighted by Gasteiger charge is -2.43. The minimum atomic E-state index is -0.554. The zero-order chi connectivity index (χ0) is 27.1. The van der Waals surface area contributed by atoms with Crippen LogP contribution in [0.15, 0.2) is 47.8 Å². The third-order valence-corrected chi connectivity index (χ3v) is 8.75. The Labute approximate surface area is 231 Å². The van der Waals surface area contributed by atoms with Crippen LogP contribution in [0.5, 0.6) is 23.0 Å². The third-order valence-electron chi connectivity index (χ3n) is 7.80. The van der Waals surface area contributed by atoms with Crippen molar-refractivity contribution >= 4 is 23.2 Å². The van der Waals surface area contributed by atoms with Gasteiger partial charge in [0.2, 0.25) is 12.7 Å². The summed E-state index contributed by atoms with van der Waals surface area (Å²) < 4.78 is 22.0. The number of hydrogen-bond acceptors (Lipinski definition) is 8. The van der Waals surface area contributed by atoms with Gasteiger partial charge in [0.15, 0.2) is 23.0 Å². The first-order chi connectivity index (χ1) is 19.0. The summed E-state index contributed by atoms with van der Waals surface area (Å²) in [4.78, 5) is 34.8. The quantitative estimate of drug-likeness (QED) is 0.463. The zero-order valence-corrected chi connectivity index (χ0v) is 23.0. The summed E-state index contributed by atoms with van der Waals surface area (Å²) in [5, 5.41) is 1.98. The van der Waals surface area contributed by atoms with Crippen molar-refractivity contribution in [1.29, 1.82) is 0 Å². The number of carbonyl (C=O) groups is 2. The van der Waals surface area contributed by atoms with E-state index in [1.807, 2.05) is 34.5 Å². The van der Waals surface area contributed by atoms with E-state index in [9.17, 15) is 9.59 Å². The van der Waals surface area contributed by atoms with E-state index in [1.165, 1.54) is 0 Å². The Kier molecular flexibility index (Phi) is 6.82. The molecule has 204 valence electrons. The van der Waals surface area contributed by atoms with Crippen LogP contribution in [0.2, 0.25) is 0 Å². The molecule has 0 bridgehead atoms. The molecule has 1 saturated heterocycles. The summed E-state index contributed by atoms with van der Waals surface area (Å²) >= 11 is 1.56. The van der Waals surface area contributed by atoms with Crippen molar-refractivity contribution in [3.63, 3.8) is 0 Å². The molecule has 6 rings (SSSR count). The van der Waals surface area contributed by atoms with Crippen molar-refractivity contribution in [3.05, 3.63) is 69.4 Å². The molecule has 2 amide bonds. The van der Waals surface area contributed by atoms with Crippen LogP contribution in [-0.2, 0) is 11.3 Å². The summed E-state index contributed by atoms with van der Waals surface area (Å²) in [6.07, 6.45) is 0. The minimum Gasteiger partial charge on any atom is -0.493 e. The molecular formula is C29H31N3O6S. The van der Waals surface area contributed by atoms with Gasteiger partial charge in [0.05, 0.1) is 26.2 Å². The first-order valence-corrected chi connectivity index (χ1v) is 13.8. The average molecular weight is 550 g/mol. The summed E-state index contributed by atoms with van der Waals surface area (Å²) in [7, 11) is 4.88. The molecule has 3 aliphatic rings. The van der Waals surface area contributed by atoms with Gasteiger partial charge >= 0.3 is 0 Å². The zero-order valence-electron chi connectivity index (χ0n) is 22.2. The van der Waals surface area contributed by atoms with Crippen LogP contribution in [0.3, 0.4) is 0 Å². The molecule has 1 fully saturated rings. The van der Waals surface area contributed by atoms with Crippen molar-refractivity contribution in [2.75, 3.05) is 54.2 Å². The van der Waals surface area contributed by atoms with Crippen molar-refractivity contribution < 1.29 is 28.5 Å². The molecule has 0 aliphatic carbocycles. The second-order valence-corrected chi connectivity index (χ2v) is 10.9. The monoisotopic (exact) mass is 549 g/mol. The summed E-state index contributed by atoms with van der Waals surface area (Å²) in [5.74, 6) is 1.86. The van der Waals surface area contributed by atoms with Crippen LogP contribution in [0.4, 0.5) is 0 Å². The topological polar surface area (TPSA) is 80.8 Å². The molecule has 2 atom stereocenters. The minimum absolute atomic E-state index is 0.0175. The maximum Gasteiger partial charge on any atom is 0.254 e. The fourth-order valence-corrected chi connectivity index (χ4v) is 6.66. The second-order valence-electron chi connectivity index (χ2n) is 9.94. The van der Waals surface area contributed by atoms with Crippen molar-refractivity contribution in [2.45, 2.75) is 18.5 Å². The summed E-state index contributed by atoms with van der Waals surface area (Å²) in [5.41, 5.74) is 2.31. The van der Waals surface area contributed by atoms with Crippen molar-refractivity contribution in [2.24, 2.45) is 0 Å². The number of likely N-dealkylation sites (N-methyl/N-ethyl adjacent to an activating group) is 1. The van der Waals surface area contributed by atoms with Gasteiger partial charge in [0.1, 0.15) is 0 Å². The highest BCUT2D eigenvalue weighted by atomic mass is 32.1. The molecular weight excluding hydrogens is 518 g/mol. The molecule has 0 radical (unpaired) electrons. The fourth-order valence-electron chi connectivity index (χ4n) is 5.75. The van der Waals surface area contributed by atoms with E-state index in [-0.39, 0.29) is 18.6 Å². The molecule has 39 heavy (non-hydrogen) atoms. The Morgan fingerprint density at radius 2 is 1.74 bits per heavy atom. The van der Waals surface area contributed by atoms with Crippen molar-refractivity contribution in [3.8, 4) is 23.0 Å². The average Bonchev–Trinajstić information content (AvgIpc) is 3.66. The summed E-state index contributed by atoms with van der Waals surface area (Å²) in [6.45, 7) is 3.76. The standard InChI is InChI=1S/C29H31N3O6S/c1-30-27(25-5-4-12-39-25)26(19-14-22(35-2)23(36-3)15-20(19)28(30)33)29(34)32-10-8-31(9-11-32)16-18-6-7-21-24(13-18)38-17-37-21/h4-7,12-15,26-27H,8-11,16-17H2,1-3H3/t26-,27-/m0/s1. The Balaban J connectivity index is 1.26. The molecule has 9 nitrogen and oxygen atoms in total. The smallest absolute Gasteiger partial charge is 0.254 e. The maximum absolute atomic E-state index is 14.3. The second kappa shape index (κ2) is 10.4. The Bertz CT molecular complexity index is 1390. The Morgan fingerprint density at radius 1 is 1.00 bits per heavy atom. The number of hydrogen-bond donors (Lipinski definition) is 0. The van der Waals surface area contributed by atoms with Gasteiger partial charge in [0.25, 0.3) is 5.91 Å². The van der Waals surface area contributed by atoms with Gasteiger partial charge in [-0.3, -0.25) is 14.5 Å². The molecule has 0 N–H and O–H groups in total. The number of rotatable bonds is 6. The molecule has 0 spiro atoms. The third kappa shape index (κ3) is 4.57. The van der Waals surface area contributed by atoms with E-state index in [2.05, 4.69) is 11.0 Å². The van der Waals surface area contributed by atoms with Gasteiger partial charge in [-0.15, -0.1) is 11.3 Å². The van der Waals surface area contributed by atoms with Gasteiger partial charge in [0, 0.05) is 50.2 Å². The van der Waals surface area contributed by atoms with Crippen LogP contribution >= 0.6 is 11.3 Å². The van der Waals surface area contributed by atoms with E-state index < -0.39 is 12.0 Å². The first kappa shape index (κ1) is 25.5. The predicted molar refractivity (Wildman–Crippen MR) is 146 cm³/mol. The normalized spacial score (nSPS) is 20.6. The molecule has 1 aromatic heterocycles. The Morgan fingerprint density at radius 3 is 2.46 bits per heavy atom. The van der Waals surface area contributed by atoms with E-state index in [4.69, 9.17) is 18.9 Å². The molecule has 0 saturated carbocycles. The lowest BCUT2D eigenvalue weighted by Crippen LogP contribution is -2.52. The van der Waals surface area contributed by atoms with Crippen LogP contribution in [-0.4, -0.2) is 80.8 Å².